The molecule has 1 saturated heterocycles. The number of carbonyl (C=O) groups is 1. The number of benzene rings is 1. The van der Waals surface area contributed by atoms with Gasteiger partial charge in [0.05, 0.1) is 12.2 Å². The smallest absolute Gasteiger partial charge is 0.222 e. The number of aliphatic hydroxyl groups excluding tert-OH is 1. The maximum absolute atomic E-state index is 12.4. The summed E-state index contributed by atoms with van der Waals surface area (Å²) in [5.41, 5.74) is 1.05. The van der Waals surface area contributed by atoms with Gasteiger partial charge < -0.3 is 14.7 Å². The fourth-order valence-corrected chi connectivity index (χ4v) is 4.14. The molecule has 0 aromatic heterocycles. The Balaban J connectivity index is 1.43. The molecule has 4 heteroatoms. The van der Waals surface area contributed by atoms with Crippen LogP contribution in [0.5, 0.6) is 0 Å². The number of allylic oxidation sites excluding steroid dienone is 1. The summed E-state index contributed by atoms with van der Waals surface area (Å²) in [6.45, 7) is 4.17. The minimum Gasteiger partial charge on any atom is -0.392 e. The molecule has 2 aliphatic rings. The van der Waals surface area contributed by atoms with Crippen molar-refractivity contribution >= 4 is 12.0 Å². The fraction of sp³-hybridized carbons (Fsp3) is 0.571. The predicted octanol–water partition coefficient (Wildman–Crippen LogP) is 3.26. The lowest BCUT2D eigenvalue weighted by atomic mass is 9.58. The van der Waals surface area contributed by atoms with Crippen LogP contribution in [0.15, 0.2) is 36.4 Å². The van der Waals surface area contributed by atoms with Gasteiger partial charge in [0, 0.05) is 38.0 Å². The summed E-state index contributed by atoms with van der Waals surface area (Å²) < 4.78 is 5.79. The van der Waals surface area contributed by atoms with E-state index in [0.717, 1.165) is 44.3 Å². The molecule has 2 unspecified atom stereocenters. The first kappa shape index (κ1) is 18.2. The summed E-state index contributed by atoms with van der Waals surface area (Å²) in [5.74, 6) is 0.217. The summed E-state index contributed by atoms with van der Waals surface area (Å²) in [4.78, 5) is 14.4. The number of amides is 1. The lowest BCUT2D eigenvalue weighted by Gasteiger charge is -2.56. The lowest BCUT2D eigenvalue weighted by molar-refractivity contribution is -0.210. The van der Waals surface area contributed by atoms with Crippen LogP contribution >= 0.6 is 0 Å². The Morgan fingerprint density at radius 1 is 1.32 bits per heavy atom. The lowest BCUT2D eigenvalue weighted by Crippen LogP contribution is -2.62. The first-order chi connectivity index (χ1) is 12.2. The third kappa shape index (κ3) is 3.96. The molecule has 1 aliphatic heterocycles. The van der Waals surface area contributed by atoms with Crippen molar-refractivity contribution in [3.8, 4) is 0 Å². The maximum Gasteiger partial charge on any atom is 0.222 e. The van der Waals surface area contributed by atoms with E-state index in [4.69, 9.17) is 4.74 Å². The Morgan fingerprint density at radius 3 is 2.68 bits per heavy atom. The van der Waals surface area contributed by atoms with Crippen LogP contribution in [0.1, 0.15) is 44.6 Å². The maximum atomic E-state index is 12.4. The molecule has 136 valence electrons. The second-order valence-electron chi connectivity index (χ2n) is 7.16. The van der Waals surface area contributed by atoms with E-state index >= 15 is 0 Å². The zero-order chi connectivity index (χ0) is 17.7. The number of likely N-dealkylation sites (tertiary alicyclic amines) is 1. The van der Waals surface area contributed by atoms with E-state index < -0.39 is 0 Å². The van der Waals surface area contributed by atoms with E-state index in [0.29, 0.717) is 13.0 Å². The van der Waals surface area contributed by atoms with Crippen LogP contribution in [0.3, 0.4) is 0 Å². The van der Waals surface area contributed by atoms with Gasteiger partial charge in [0.1, 0.15) is 0 Å². The summed E-state index contributed by atoms with van der Waals surface area (Å²) in [5, 5.41) is 10.2. The second kappa shape index (κ2) is 8.15. The van der Waals surface area contributed by atoms with Gasteiger partial charge in [-0.05, 0) is 31.7 Å². The van der Waals surface area contributed by atoms with Crippen LogP contribution in [-0.2, 0) is 9.53 Å². The molecule has 1 N–H and O–H groups in total. The van der Waals surface area contributed by atoms with E-state index in [9.17, 15) is 9.90 Å². The first-order valence-corrected chi connectivity index (χ1v) is 9.45. The molecule has 0 bridgehead atoms. The molecule has 25 heavy (non-hydrogen) atoms. The number of rotatable bonds is 6. The van der Waals surface area contributed by atoms with E-state index in [2.05, 4.69) is 24.3 Å². The minimum atomic E-state index is -0.268. The number of aliphatic hydroxyl groups is 1. The van der Waals surface area contributed by atoms with Crippen molar-refractivity contribution in [3.63, 3.8) is 0 Å². The SMILES string of the molecule is CCOC1CC(O)C12CCN(C(=O)CC/C=C/c1ccccc1)CC2. The molecule has 1 aromatic rings. The van der Waals surface area contributed by atoms with Gasteiger partial charge in [-0.1, -0.05) is 42.5 Å². The highest BCUT2D eigenvalue weighted by Crippen LogP contribution is 2.50. The standard InChI is InChI=1S/C21H29NO3/c1-2-25-19-16-18(23)21(19)12-14-22(15-13-21)20(24)11-7-6-10-17-8-4-3-5-9-17/h3-6,8-10,18-19,23H,2,7,11-16H2,1H3/b10-6+. The minimum absolute atomic E-state index is 0.111. The third-order valence-electron chi connectivity index (χ3n) is 5.79. The summed E-state index contributed by atoms with van der Waals surface area (Å²) in [7, 11) is 0. The highest BCUT2D eigenvalue weighted by molar-refractivity contribution is 5.76. The topological polar surface area (TPSA) is 49.8 Å². The molecule has 0 radical (unpaired) electrons. The van der Waals surface area contributed by atoms with Gasteiger partial charge in [0.15, 0.2) is 0 Å². The molecule has 1 aliphatic carbocycles. The quantitative estimate of drug-likeness (QED) is 0.862. The van der Waals surface area contributed by atoms with Crippen molar-refractivity contribution in [2.24, 2.45) is 5.41 Å². The van der Waals surface area contributed by atoms with E-state index in [1.165, 1.54) is 0 Å². The predicted molar refractivity (Wildman–Crippen MR) is 99.0 cm³/mol. The molecule has 1 saturated carbocycles. The van der Waals surface area contributed by atoms with E-state index in [1.807, 2.05) is 30.0 Å². The van der Waals surface area contributed by atoms with Crippen molar-refractivity contribution in [2.75, 3.05) is 19.7 Å². The van der Waals surface area contributed by atoms with Crippen molar-refractivity contribution < 1.29 is 14.6 Å². The fourth-order valence-electron chi connectivity index (χ4n) is 4.14. The number of piperidine rings is 1. The summed E-state index contributed by atoms with van der Waals surface area (Å²) in [6.07, 6.45) is 7.79. The van der Waals surface area contributed by atoms with Crippen molar-refractivity contribution in [3.05, 3.63) is 42.0 Å². The molecule has 4 nitrogen and oxygen atoms in total. The van der Waals surface area contributed by atoms with Gasteiger partial charge in [-0.25, -0.2) is 0 Å². The van der Waals surface area contributed by atoms with Crippen LogP contribution < -0.4 is 0 Å². The highest BCUT2D eigenvalue weighted by Gasteiger charge is 2.56. The zero-order valence-electron chi connectivity index (χ0n) is 15.1. The highest BCUT2D eigenvalue weighted by atomic mass is 16.5. The van der Waals surface area contributed by atoms with Crippen LogP contribution in [-0.4, -0.2) is 47.8 Å². The van der Waals surface area contributed by atoms with Gasteiger partial charge in [0.25, 0.3) is 0 Å². The van der Waals surface area contributed by atoms with Crippen molar-refractivity contribution in [1.82, 2.24) is 4.90 Å². The summed E-state index contributed by atoms with van der Waals surface area (Å²) >= 11 is 0. The Kier molecular flexibility index (Phi) is 5.92. The van der Waals surface area contributed by atoms with Crippen LogP contribution in [0.4, 0.5) is 0 Å². The molecule has 3 rings (SSSR count). The summed E-state index contributed by atoms with van der Waals surface area (Å²) in [6, 6.07) is 10.1. The van der Waals surface area contributed by atoms with Crippen molar-refractivity contribution in [2.45, 2.75) is 51.2 Å². The first-order valence-electron chi connectivity index (χ1n) is 9.45. The molecular weight excluding hydrogens is 314 g/mol. The molecule has 1 aromatic carbocycles. The normalized spacial score (nSPS) is 25.3. The van der Waals surface area contributed by atoms with Gasteiger partial charge in [-0.15, -0.1) is 0 Å². The number of hydrogen-bond donors (Lipinski definition) is 1. The van der Waals surface area contributed by atoms with Gasteiger partial charge >= 0.3 is 0 Å². The molecular formula is C21H29NO3. The van der Waals surface area contributed by atoms with Gasteiger partial charge in [0.2, 0.25) is 5.91 Å². The Morgan fingerprint density at radius 2 is 2.04 bits per heavy atom. The van der Waals surface area contributed by atoms with Crippen LogP contribution in [0, 0.1) is 5.41 Å². The Bertz CT molecular complexity index is 588. The monoisotopic (exact) mass is 343 g/mol. The number of carbonyl (C=O) groups excluding carboxylic acids is 1. The number of hydrogen-bond acceptors (Lipinski definition) is 3. The van der Waals surface area contributed by atoms with Gasteiger partial charge in [-0.3, -0.25) is 4.79 Å². The van der Waals surface area contributed by atoms with E-state index in [-0.39, 0.29) is 23.5 Å². The van der Waals surface area contributed by atoms with Crippen molar-refractivity contribution in [1.29, 1.82) is 0 Å². The van der Waals surface area contributed by atoms with Gasteiger partial charge in [-0.2, -0.15) is 0 Å². The molecule has 1 heterocycles. The molecule has 2 atom stereocenters. The van der Waals surface area contributed by atoms with Crippen LogP contribution in [0.2, 0.25) is 0 Å². The van der Waals surface area contributed by atoms with Crippen LogP contribution in [0.25, 0.3) is 6.08 Å². The Labute approximate surface area is 150 Å². The average Bonchev–Trinajstić information content (AvgIpc) is 2.66. The Hall–Kier alpha value is -1.65. The average molecular weight is 343 g/mol. The zero-order valence-corrected chi connectivity index (χ0v) is 15.1. The number of ether oxygens (including phenoxy) is 1. The number of nitrogens with zero attached hydrogens (tertiary/aromatic N) is 1. The molecule has 1 spiro atoms. The largest absolute Gasteiger partial charge is 0.392 e. The molecule has 1 amide bonds. The molecule has 2 fully saturated rings. The second-order valence-corrected chi connectivity index (χ2v) is 7.16. The third-order valence-corrected chi connectivity index (χ3v) is 5.79. The van der Waals surface area contributed by atoms with E-state index in [1.54, 1.807) is 0 Å².